The van der Waals surface area contributed by atoms with Crippen LogP contribution in [0.1, 0.15) is 38.6 Å². The Kier molecular flexibility index (Phi) is 6.71. The SMILES string of the molecule is COc1ccc(S(=O)(=O)N2CCC(C(=O)N[C@H](c3nc4ccccc4[nH]3)C(C)C)CC2)cc1. The lowest BCUT2D eigenvalue weighted by atomic mass is 9.95. The zero-order valence-electron chi connectivity index (χ0n) is 19.1. The molecular formula is C24H30N4O4S. The van der Waals surface area contributed by atoms with Crippen LogP contribution >= 0.6 is 0 Å². The zero-order chi connectivity index (χ0) is 23.6. The van der Waals surface area contributed by atoms with Gasteiger partial charge in [-0.25, -0.2) is 13.4 Å². The molecule has 8 nitrogen and oxygen atoms in total. The summed E-state index contributed by atoms with van der Waals surface area (Å²) in [6.07, 6.45) is 0.957. The van der Waals surface area contributed by atoms with Gasteiger partial charge in [0.05, 0.1) is 29.1 Å². The maximum absolute atomic E-state index is 13.1. The molecule has 0 saturated carbocycles. The van der Waals surface area contributed by atoms with Gasteiger partial charge in [0, 0.05) is 19.0 Å². The number of piperidine rings is 1. The van der Waals surface area contributed by atoms with E-state index < -0.39 is 10.0 Å². The molecule has 2 N–H and O–H groups in total. The molecule has 33 heavy (non-hydrogen) atoms. The van der Waals surface area contributed by atoms with Crippen LogP contribution in [0.4, 0.5) is 0 Å². The number of imidazole rings is 1. The zero-order valence-corrected chi connectivity index (χ0v) is 19.9. The summed E-state index contributed by atoms with van der Waals surface area (Å²) in [4.78, 5) is 21.3. The van der Waals surface area contributed by atoms with Crippen molar-refractivity contribution in [1.29, 1.82) is 0 Å². The molecule has 1 fully saturated rings. The van der Waals surface area contributed by atoms with Gasteiger partial charge < -0.3 is 15.0 Å². The maximum atomic E-state index is 13.1. The Morgan fingerprint density at radius 3 is 2.39 bits per heavy atom. The van der Waals surface area contributed by atoms with E-state index >= 15 is 0 Å². The molecule has 0 aliphatic carbocycles. The maximum Gasteiger partial charge on any atom is 0.243 e. The predicted molar refractivity (Wildman–Crippen MR) is 126 cm³/mol. The Morgan fingerprint density at radius 2 is 1.79 bits per heavy atom. The largest absolute Gasteiger partial charge is 0.497 e. The fraction of sp³-hybridized carbons (Fsp3) is 0.417. The van der Waals surface area contributed by atoms with Gasteiger partial charge in [0.1, 0.15) is 11.6 Å². The van der Waals surface area contributed by atoms with Crippen molar-refractivity contribution >= 4 is 27.0 Å². The number of H-pyrrole nitrogens is 1. The number of nitrogens with zero attached hydrogens (tertiary/aromatic N) is 2. The minimum absolute atomic E-state index is 0.0596. The van der Waals surface area contributed by atoms with Gasteiger partial charge in [-0.2, -0.15) is 4.31 Å². The summed E-state index contributed by atoms with van der Waals surface area (Å²) in [5, 5.41) is 3.15. The van der Waals surface area contributed by atoms with Crippen molar-refractivity contribution in [1.82, 2.24) is 19.6 Å². The van der Waals surface area contributed by atoms with Crippen molar-refractivity contribution in [2.75, 3.05) is 20.2 Å². The first-order valence-corrected chi connectivity index (χ1v) is 12.6. The van der Waals surface area contributed by atoms with Crippen LogP contribution in [0.5, 0.6) is 5.75 Å². The van der Waals surface area contributed by atoms with Gasteiger partial charge >= 0.3 is 0 Å². The van der Waals surface area contributed by atoms with Crippen LogP contribution in [0.15, 0.2) is 53.4 Å². The van der Waals surface area contributed by atoms with Crippen molar-refractivity contribution in [3.8, 4) is 5.75 Å². The van der Waals surface area contributed by atoms with Crippen LogP contribution in [0.25, 0.3) is 11.0 Å². The summed E-state index contributed by atoms with van der Waals surface area (Å²) in [6.45, 7) is 4.71. The molecule has 0 unspecified atom stereocenters. The molecule has 1 aromatic heterocycles. The van der Waals surface area contributed by atoms with Crippen LogP contribution < -0.4 is 10.1 Å². The summed E-state index contributed by atoms with van der Waals surface area (Å²) in [5.74, 6) is 1.19. The summed E-state index contributed by atoms with van der Waals surface area (Å²) in [6, 6.07) is 13.9. The third kappa shape index (κ3) is 4.89. The highest BCUT2D eigenvalue weighted by Crippen LogP contribution is 2.27. The van der Waals surface area contributed by atoms with Gasteiger partial charge in [-0.3, -0.25) is 4.79 Å². The van der Waals surface area contributed by atoms with E-state index in [-0.39, 0.29) is 28.7 Å². The molecule has 0 radical (unpaired) electrons. The normalized spacial score (nSPS) is 16.7. The van der Waals surface area contributed by atoms with E-state index in [4.69, 9.17) is 4.74 Å². The van der Waals surface area contributed by atoms with Crippen molar-refractivity contribution < 1.29 is 17.9 Å². The highest BCUT2D eigenvalue weighted by Gasteiger charge is 2.33. The number of rotatable bonds is 7. The molecule has 9 heteroatoms. The highest BCUT2D eigenvalue weighted by molar-refractivity contribution is 7.89. The molecular weight excluding hydrogens is 440 g/mol. The topological polar surface area (TPSA) is 104 Å². The molecule has 176 valence electrons. The van der Waals surface area contributed by atoms with E-state index in [0.717, 1.165) is 16.9 Å². The molecule has 1 aliphatic heterocycles. The summed E-state index contributed by atoms with van der Waals surface area (Å²) in [5.41, 5.74) is 1.80. The minimum Gasteiger partial charge on any atom is -0.497 e. The number of aromatic nitrogens is 2. The summed E-state index contributed by atoms with van der Waals surface area (Å²) in [7, 11) is -2.06. The molecule has 1 aliphatic rings. The lowest BCUT2D eigenvalue weighted by Crippen LogP contribution is -2.44. The number of carbonyl (C=O) groups is 1. The Labute approximate surface area is 194 Å². The second-order valence-corrected chi connectivity index (χ2v) is 10.7. The van der Waals surface area contributed by atoms with Gasteiger partial charge in [0.15, 0.2) is 0 Å². The predicted octanol–water partition coefficient (Wildman–Crippen LogP) is 3.49. The molecule has 0 spiro atoms. The van der Waals surface area contributed by atoms with Crippen molar-refractivity contribution in [2.45, 2.75) is 37.6 Å². The lowest BCUT2D eigenvalue weighted by molar-refractivity contribution is -0.127. The van der Waals surface area contributed by atoms with Crippen LogP contribution in [0.3, 0.4) is 0 Å². The van der Waals surface area contributed by atoms with E-state index in [1.807, 2.05) is 38.1 Å². The van der Waals surface area contributed by atoms with Gasteiger partial charge in [0.25, 0.3) is 0 Å². The molecule has 1 amide bonds. The number of carbonyl (C=O) groups excluding carboxylic acids is 1. The molecule has 4 rings (SSSR count). The van der Waals surface area contributed by atoms with E-state index in [0.29, 0.717) is 31.7 Å². The Hall–Kier alpha value is -2.91. The third-order valence-electron chi connectivity index (χ3n) is 6.19. The Morgan fingerprint density at radius 1 is 1.12 bits per heavy atom. The minimum atomic E-state index is -3.60. The molecule has 1 atom stereocenters. The number of benzene rings is 2. The number of hydrogen-bond acceptors (Lipinski definition) is 5. The first-order chi connectivity index (χ1) is 15.8. The number of aromatic amines is 1. The van der Waals surface area contributed by atoms with Crippen LogP contribution in [0, 0.1) is 11.8 Å². The number of ether oxygens (including phenoxy) is 1. The van der Waals surface area contributed by atoms with Crippen LogP contribution in [0.2, 0.25) is 0 Å². The van der Waals surface area contributed by atoms with E-state index in [1.54, 1.807) is 24.3 Å². The number of methoxy groups -OCH3 is 1. The molecule has 3 aromatic rings. The number of sulfonamides is 1. The van der Waals surface area contributed by atoms with Crippen LogP contribution in [-0.4, -0.2) is 48.8 Å². The number of nitrogens with one attached hydrogen (secondary N) is 2. The third-order valence-corrected chi connectivity index (χ3v) is 8.10. The Balaban J connectivity index is 1.40. The highest BCUT2D eigenvalue weighted by atomic mass is 32.2. The van der Waals surface area contributed by atoms with Gasteiger partial charge in [0.2, 0.25) is 15.9 Å². The number of fused-ring (bicyclic) bond motifs is 1. The van der Waals surface area contributed by atoms with Crippen molar-refractivity contribution in [2.24, 2.45) is 11.8 Å². The fourth-order valence-electron chi connectivity index (χ4n) is 4.20. The van der Waals surface area contributed by atoms with E-state index in [1.165, 1.54) is 11.4 Å². The monoisotopic (exact) mass is 470 g/mol. The molecule has 2 heterocycles. The van der Waals surface area contributed by atoms with Crippen LogP contribution in [-0.2, 0) is 14.8 Å². The van der Waals surface area contributed by atoms with Gasteiger partial charge in [-0.1, -0.05) is 26.0 Å². The summed E-state index contributed by atoms with van der Waals surface area (Å²) < 4.78 is 32.5. The van der Waals surface area contributed by atoms with Gasteiger partial charge in [-0.05, 0) is 55.2 Å². The second kappa shape index (κ2) is 9.52. The fourth-order valence-corrected chi connectivity index (χ4v) is 5.67. The molecule has 0 bridgehead atoms. The number of amides is 1. The molecule has 1 saturated heterocycles. The van der Waals surface area contributed by atoms with Gasteiger partial charge in [-0.15, -0.1) is 0 Å². The average Bonchev–Trinajstić information content (AvgIpc) is 3.26. The van der Waals surface area contributed by atoms with Crippen molar-refractivity contribution in [3.63, 3.8) is 0 Å². The summed E-state index contributed by atoms with van der Waals surface area (Å²) >= 11 is 0. The van der Waals surface area contributed by atoms with E-state index in [2.05, 4.69) is 15.3 Å². The quantitative estimate of drug-likeness (QED) is 0.550. The standard InChI is InChI=1S/C24H30N4O4S/c1-16(2)22(23-25-20-6-4-5-7-21(20)26-23)27-24(29)17-12-14-28(15-13-17)33(30,31)19-10-8-18(32-3)9-11-19/h4-11,16-17,22H,12-15H2,1-3H3,(H,25,26)(H,27,29)/t22-/m0/s1. The second-order valence-electron chi connectivity index (χ2n) is 8.72. The number of para-hydroxylation sites is 2. The Bertz CT molecular complexity index is 1180. The van der Waals surface area contributed by atoms with Crippen molar-refractivity contribution in [3.05, 3.63) is 54.4 Å². The molecule has 2 aromatic carbocycles. The first kappa shape index (κ1) is 23.3. The first-order valence-electron chi connectivity index (χ1n) is 11.2. The average molecular weight is 471 g/mol. The number of hydrogen-bond donors (Lipinski definition) is 2. The lowest BCUT2D eigenvalue weighted by Gasteiger charge is -2.31. The smallest absolute Gasteiger partial charge is 0.243 e. The van der Waals surface area contributed by atoms with E-state index in [9.17, 15) is 13.2 Å².